The van der Waals surface area contributed by atoms with E-state index in [2.05, 4.69) is 153 Å². The first-order chi connectivity index (χ1) is 22.8. The van der Waals surface area contributed by atoms with Gasteiger partial charge in [0, 0.05) is 45.3 Å². The van der Waals surface area contributed by atoms with E-state index < -0.39 is 0 Å². The van der Waals surface area contributed by atoms with Gasteiger partial charge in [0.2, 0.25) is 0 Å². The molecule has 4 nitrogen and oxygen atoms in total. The molecule has 0 amide bonds. The summed E-state index contributed by atoms with van der Waals surface area (Å²) in [5.74, 6) is 0. The fourth-order valence-corrected chi connectivity index (χ4v) is 6.96. The summed E-state index contributed by atoms with van der Waals surface area (Å²) in [5, 5.41) is 4.96. The summed E-state index contributed by atoms with van der Waals surface area (Å²) in [4.78, 5) is 8.82. The SMILES string of the molecule is c1ccc2c(c1)c1ccncc1n2-c1ccc(Cc2ccc(Cc3ccc(-n4c5ccccc5c5ccncc54)cc3)cc2)cc1. The summed E-state index contributed by atoms with van der Waals surface area (Å²) in [6.45, 7) is 0. The second kappa shape index (κ2) is 10.9. The standard InChI is InChI=1S/C42H30N4/c1-3-7-39-35(5-1)37-21-23-43-27-41(37)45(39)33-17-13-31(14-18-33)25-29-9-11-30(12-10-29)26-32-15-19-34(20-16-32)46-40-8-4-2-6-36(40)38-22-24-44-28-42(38)46/h1-24,27-28H,25-26H2. The van der Waals surface area contributed by atoms with E-state index in [4.69, 9.17) is 0 Å². The molecule has 0 N–H and O–H groups in total. The van der Waals surface area contributed by atoms with Crippen molar-refractivity contribution in [2.24, 2.45) is 0 Å². The fraction of sp³-hybridized carbons (Fsp3) is 0.0476. The largest absolute Gasteiger partial charge is 0.308 e. The molecule has 0 saturated heterocycles. The minimum atomic E-state index is 0.900. The van der Waals surface area contributed by atoms with Crippen LogP contribution in [-0.4, -0.2) is 19.1 Å². The smallest absolute Gasteiger partial charge is 0.0724 e. The Bertz CT molecular complexity index is 2220. The van der Waals surface area contributed by atoms with Gasteiger partial charge in [0.15, 0.2) is 0 Å². The van der Waals surface area contributed by atoms with Crippen molar-refractivity contribution in [2.45, 2.75) is 12.8 Å². The van der Waals surface area contributed by atoms with Gasteiger partial charge in [-0.2, -0.15) is 0 Å². The van der Waals surface area contributed by atoms with E-state index in [0.29, 0.717) is 0 Å². The highest BCUT2D eigenvalue weighted by molar-refractivity contribution is 6.09. The molecule has 0 aliphatic heterocycles. The molecule has 9 aromatic rings. The van der Waals surface area contributed by atoms with Crippen molar-refractivity contribution >= 4 is 43.6 Å². The van der Waals surface area contributed by atoms with Crippen LogP contribution in [0.5, 0.6) is 0 Å². The van der Waals surface area contributed by atoms with Crippen LogP contribution in [0.1, 0.15) is 22.3 Å². The molecule has 0 spiro atoms. The summed E-state index contributed by atoms with van der Waals surface area (Å²) in [7, 11) is 0. The lowest BCUT2D eigenvalue weighted by Crippen LogP contribution is -1.96. The van der Waals surface area contributed by atoms with Crippen LogP contribution in [0, 0.1) is 0 Å². The number of aromatic nitrogens is 4. The van der Waals surface area contributed by atoms with Crippen LogP contribution in [-0.2, 0) is 12.8 Å². The Hall–Kier alpha value is -6.00. The first-order valence-electron chi connectivity index (χ1n) is 15.7. The molecule has 0 bridgehead atoms. The number of para-hydroxylation sites is 2. The minimum absolute atomic E-state index is 0.900. The van der Waals surface area contributed by atoms with Crippen molar-refractivity contribution in [2.75, 3.05) is 0 Å². The zero-order chi connectivity index (χ0) is 30.5. The van der Waals surface area contributed by atoms with Crippen LogP contribution in [0.4, 0.5) is 0 Å². The Kier molecular flexibility index (Phi) is 6.24. The van der Waals surface area contributed by atoms with E-state index in [1.807, 2.05) is 24.8 Å². The lowest BCUT2D eigenvalue weighted by molar-refractivity contribution is 1.12. The predicted octanol–water partition coefficient (Wildman–Crippen LogP) is 9.85. The molecule has 0 saturated carbocycles. The van der Waals surface area contributed by atoms with Gasteiger partial charge in [-0.25, -0.2) is 0 Å². The molecule has 0 unspecified atom stereocenters. The summed E-state index contributed by atoms with van der Waals surface area (Å²) < 4.78 is 4.62. The summed E-state index contributed by atoms with van der Waals surface area (Å²) in [6.07, 6.45) is 9.46. The van der Waals surface area contributed by atoms with Crippen molar-refractivity contribution < 1.29 is 0 Å². The average molecular weight is 591 g/mol. The van der Waals surface area contributed by atoms with Gasteiger partial charge in [0.1, 0.15) is 0 Å². The Morgan fingerprint density at radius 1 is 0.348 bits per heavy atom. The second-order valence-corrected chi connectivity index (χ2v) is 12.0. The van der Waals surface area contributed by atoms with Crippen LogP contribution < -0.4 is 0 Å². The Balaban J connectivity index is 0.920. The zero-order valence-electron chi connectivity index (χ0n) is 25.2. The van der Waals surface area contributed by atoms with Crippen molar-refractivity contribution in [3.8, 4) is 11.4 Å². The third-order valence-electron chi connectivity index (χ3n) is 9.18. The Morgan fingerprint density at radius 3 is 1.11 bits per heavy atom. The van der Waals surface area contributed by atoms with Crippen LogP contribution in [0.25, 0.3) is 55.0 Å². The lowest BCUT2D eigenvalue weighted by atomic mass is 10.00. The van der Waals surface area contributed by atoms with E-state index in [0.717, 1.165) is 35.2 Å². The molecule has 0 fully saturated rings. The number of rotatable bonds is 6. The molecule has 0 atom stereocenters. The average Bonchev–Trinajstić information content (AvgIpc) is 3.63. The molecule has 0 radical (unpaired) electrons. The molecular weight excluding hydrogens is 560 g/mol. The van der Waals surface area contributed by atoms with Crippen molar-refractivity contribution in [1.82, 2.24) is 19.1 Å². The summed E-state index contributed by atoms with van der Waals surface area (Å²) in [6, 6.07) is 48.3. The maximum atomic E-state index is 4.41. The molecule has 0 aliphatic rings. The van der Waals surface area contributed by atoms with E-state index in [9.17, 15) is 0 Å². The van der Waals surface area contributed by atoms with E-state index in [-0.39, 0.29) is 0 Å². The van der Waals surface area contributed by atoms with Crippen LogP contribution in [0.3, 0.4) is 0 Å². The second-order valence-electron chi connectivity index (χ2n) is 12.0. The first-order valence-corrected chi connectivity index (χ1v) is 15.7. The molecule has 5 aromatic carbocycles. The Labute approximate surface area is 266 Å². The molecule has 4 aromatic heterocycles. The van der Waals surface area contributed by atoms with Crippen molar-refractivity contribution in [1.29, 1.82) is 0 Å². The quantitative estimate of drug-likeness (QED) is 0.193. The van der Waals surface area contributed by atoms with Crippen molar-refractivity contribution in [3.05, 3.63) is 181 Å². The van der Waals surface area contributed by atoms with E-state index in [1.165, 1.54) is 54.8 Å². The zero-order valence-corrected chi connectivity index (χ0v) is 25.2. The number of benzene rings is 5. The van der Waals surface area contributed by atoms with Gasteiger partial charge >= 0.3 is 0 Å². The van der Waals surface area contributed by atoms with Gasteiger partial charge in [-0.15, -0.1) is 0 Å². The molecule has 9 rings (SSSR count). The van der Waals surface area contributed by atoms with Gasteiger partial charge in [-0.3, -0.25) is 9.97 Å². The lowest BCUT2D eigenvalue weighted by Gasteiger charge is -2.10. The highest BCUT2D eigenvalue weighted by Crippen LogP contribution is 2.33. The number of hydrogen-bond donors (Lipinski definition) is 0. The Morgan fingerprint density at radius 2 is 0.696 bits per heavy atom. The highest BCUT2D eigenvalue weighted by atomic mass is 15.0. The third-order valence-corrected chi connectivity index (χ3v) is 9.18. The molecular formula is C42H30N4. The minimum Gasteiger partial charge on any atom is -0.308 e. The normalized spacial score (nSPS) is 11.7. The predicted molar refractivity (Wildman–Crippen MR) is 189 cm³/mol. The fourth-order valence-electron chi connectivity index (χ4n) is 6.96. The summed E-state index contributed by atoms with van der Waals surface area (Å²) >= 11 is 0. The van der Waals surface area contributed by atoms with Gasteiger partial charge in [0.25, 0.3) is 0 Å². The molecule has 46 heavy (non-hydrogen) atoms. The topological polar surface area (TPSA) is 35.6 Å². The number of fused-ring (bicyclic) bond motifs is 6. The van der Waals surface area contributed by atoms with Gasteiger partial charge < -0.3 is 9.13 Å². The molecule has 4 heterocycles. The monoisotopic (exact) mass is 590 g/mol. The summed E-state index contributed by atoms with van der Waals surface area (Å²) in [5.41, 5.74) is 12.2. The van der Waals surface area contributed by atoms with Gasteiger partial charge in [0.05, 0.1) is 34.5 Å². The maximum absolute atomic E-state index is 4.41. The van der Waals surface area contributed by atoms with E-state index >= 15 is 0 Å². The number of hydrogen-bond acceptors (Lipinski definition) is 2. The van der Waals surface area contributed by atoms with Crippen LogP contribution in [0.2, 0.25) is 0 Å². The van der Waals surface area contributed by atoms with Crippen molar-refractivity contribution in [3.63, 3.8) is 0 Å². The molecule has 218 valence electrons. The van der Waals surface area contributed by atoms with Crippen LogP contribution in [0.15, 0.2) is 158 Å². The number of nitrogens with zero attached hydrogens (tertiary/aromatic N) is 4. The first kappa shape index (κ1) is 26.4. The molecule has 0 aliphatic carbocycles. The van der Waals surface area contributed by atoms with Gasteiger partial charge in [-0.05, 0) is 83.6 Å². The third kappa shape index (κ3) is 4.46. The molecule has 4 heteroatoms. The highest BCUT2D eigenvalue weighted by Gasteiger charge is 2.13. The van der Waals surface area contributed by atoms with Crippen LogP contribution >= 0.6 is 0 Å². The van der Waals surface area contributed by atoms with Gasteiger partial charge in [-0.1, -0.05) is 84.9 Å². The maximum Gasteiger partial charge on any atom is 0.0724 e. The van der Waals surface area contributed by atoms with E-state index in [1.54, 1.807) is 0 Å². The number of pyridine rings is 2.